The van der Waals surface area contributed by atoms with Crippen LogP contribution in [0.4, 0.5) is 0 Å². The number of benzene rings is 3. The summed E-state index contributed by atoms with van der Waals surface area (Å²) >= 11 is 0. The smallest absolute Gasteiger partial charge is 0.186 e. The van der Waals surface area contributed by atoms with Crippen LogP contribution >= 0.6 is 0 Å². The summed E-state index contributed by atoms with van der Waals surface area (Å²) < 4.78 is 0. The van der Waals surface area contributed by atoms with Crippen LogP contribution in [-0.2, 0) is 12.8 Å². The number of aryl methyl sites for hydroxylation is 2. The van der Waals surface area contributed by atoms with Crippen LogP contribution in [-0.4, -0.2) is 5.78 Å². The Morgan fingerprint density at radius 2 is 1.58 bits per heavy atom. The Kier molecular flexibility index (Phi) is 3.84. The van der Waals surface area contributed by atoms with Crippen LogP contribution in [0.25, 0.3) is 16.8 Å². The van der Waals surface area contributed by atoms with Gasteiger partial charge in [-0.05, 0) is 46.4 Å². The highest BCUT2D eigenvalue weighted by Crippen LogP contribution is 2.32. The van der Waals surface area contributed by atoms with Gasteiger partial charge in [-0.3, -0.25) is 4.79 Å². The molecule has 1 aliphatic rings. The molecular formula is C23H18O. The lowest BCUT2D eigenvalue weighted by Gasteiger charge is -2.06. The first-order chi connectivity index (χ1) is 11.8. The molecule has 1 nitrogen and oxygen atoms in total. The van der Waals surface area contributed by atoms with E-state index in [1.807, 2.05) is 54.6 Å². The van der Waals surface area contributed by atoms with Crippen molar-refractivity contribution in [1.82, 2.24) is 0 Å². The number of carbonyl (C=O) groups is 1. The summed E-state index contributed by atoms with van der Waals surface area (Å²) in [5, 5.41) is 2.38. The first kappa shape index (κ1) is 14.6. The van der Waals surface area contributed by atoms with Crippen LogP contribution in [0.15, 0.2) is 78.9 Å². The normalized spacial score (nSPS) is 13.3. The van der Waals surface area contributed by atoms with Gasteiger partial charge in [-0.15, -0.1) is 0 Å². The molecule has 1 heteroatoms. The Bertz CT molecular complexity index is 952. The SMILES string of the molecule is O=C(/C=C/C=C/c1ccccc1)c1ccc2c3c(cccc13)CC2. The second kappa shape index (κ2) is 6.29. The van der Waals surface area contributed by atoms with Gasteiger partial charge in [0.1, 0.15) is 0 Å². The molecular weight excluding hydrogens is 292 g/mol. The van der Waals surface area contributed by atoms with E-state index < -0.39 is 0 Å². The first-order valence-electron chi connectivity index (χ1n) is 8.30. The van der Waals surface area contributed by atoms with E-state index in [9.17, 15) is 4.79 Å². The molecule has 0 saturated heterocycles. The van der Waals surface area contributed by atoms with Crippen molar-refractivity contribution in [1.29, 1.82) is 0 Å². The highest BCUT2D eigenvalue weighted by Gasteiger charge is 2.17. The Morgan fingerprint density at radius 3 is 2.42 bits per heavy atom. The van der Waals surface area contributed by atoms with Gasteiger partial charge < -0.3 is 0 Å². The Hall–Kier alpha value is -2.93. The molecule has 116 valence electrons. The van der Waals surface area contributed by atoms with Crippen molar-refractivity contribution in [3.05, 3.63) is 101 Å². The minimum atomic E-state index is 0.0586. The zero-order valence-corrected chi connectivity index (χ0v) is 13.4. The first-order valence-corrected chi connectivity index (χ1v) is 8.30. The highest BCUT2D eigenvalue weighted by atomic mass is 16.1. The molecule has 4 rings (SSSR count). The van der Waals surface area contributed by atoms with E-state index in [-0.39, 0.29) is 5.78 Å². The molecule has 24 heavy (non-hydrogen) atoms. The maximum Gasteiger partial charge on any atom is 0.186 e. The lowest BCUT2D eigenvalue weighted by atomic mass is 9.97. The lowest BCUT2D eigenvalue weighted by molar-refractivity contribution is 0.104. The number of hydrogen-bond donors (Lipinski definition) is 0. The molecule has 0 radical (unpaired) electrons. The molecule has 0 amide bonds. The van der Waals surface area contributed by atoms with Gasteiger partial charge in [0.25, 0.3) is 0 Å². The molecule has 0 saturated carbocycles. The predicted molar refractivity (Wildman–Crippen MR) is 100 cm³/mol. The Balaban J connectivity index is 1.61. The number of hydrogen-bond acceptors (Lipinski definition) is 1. The minimum absolute atomic E-state index is 0.0586. The topological polar surface area (TPSA) is 17.1 Å². The van der Waals surface area contributed by atoms with E-state index in [0.717, 1.165) is 29.4 Å². The van der Waals surface area contributed by atoms with Crippen LogP contribution in [0.3, 0.4) is 0 Å². The van der Waals surface area contributed by atoms with Crippen LogP contribution < -0.4 is 0 Å². The molecule has 0 bridgehead atoms. The molecule has 1 aliphatic carbocycles. The Morgan fingerprint density at radius 1 is 0.792 bits per heavy atom. The number of rotatable bonds is 4. The molecule has 0 heterocycles. The summed E-state index contributed by atoms with van der Waals surface area (Å²) in [5.41, 5.74) is 4.65. The summed E-state index contributed by atoms with van der Waals surface area (Å²) in [7, 11) is 0. The molecule has 0 aromatic heterocycles. The highest BCUT2D eigenvalue weighted by molar-refractivity contribution is 6.14. The standard InChI is InChI=1S/C23H18O/c24-22(12-5-4-9-17-7-2-1-3-8-17)20-16-15-19-14-13-18-10-6-11-21(20)23(18)19/h1-12,15-16H,13-14H2/b9-4+,12-5+. The van der Waals surface area contributed by atoms with Gasteiger partial charge >= 0.3 is 0 Å². The lowest BCUT2D eigenvalue weighted by Crippen LogP contribution is -1.96. The summed E-state index contributed by atoms with van der Waals surface area (Å²) in [6.07, 6.45) is 9.54. The van der Waals surface area contributed by atoms with Crippen molar-refractivity contribution in [3.8, 4) is 0 Å². The van der Waals surface area contributed by atoms with Crippen molar-refractivity contribution in [2.24, 2.45) is 0 Å². The fourth-order valence-electron chi connectivity index (χ4n) is 3.43. The molecule has 0 fully saturated rings. The predicted octanol–water partition coefficient (Wildman–Crippen LogP) is 5.39. The van der Waals surface area contributed by atoms with Crippen LogP contribution in [0, 0.1) is 0 Å². The molecule has 0 aliphatic heterocycles. The van der Waals surface area contributed by atoms with Gasteiger partial charge in [-0.25, -0.2) is 0 Å². The van der Waals surface area contributed by atoms with Crippen molar-refractivity contribution in [2.45, 2.75) is 12.8 Å². The van der Waals surface area contributed by atoms with Gasteiger partial charge in [0, 0.05) is 5.56 Å². The second-order valence-electron chi connectivity index (χ2n) is 6.11. The van der Waals surface area contributed by atoms with E-state index in [0.29, 0.717) is 0 Å². The second-order valence-corrected chi connectivity index (χ2v) is 6.11. The van der Waals surface area contributed by atoms with Gasteiger partial charge in [0.2, 0.25) is 0 Å². The van der Waals surface area contributed by atoms with E-state index in [1.165, 1.54) is 16.5 Å². The van der Waals surface area contributed by atoms with Crippen molar-refractivity contribution >= 4 is 22.6 Å². The largest absolute Gasteiger partial charge is 0.289 e. The maximum atomic E-state index is 12.6. The molecule has 3 aromatic rings. The average molecular weight is 310 g/mol. The van der Waals surface area contributed by atoms with Crippen LogP contribution in [0.2, 0.25) is 0 Å². The molecule has 0 atom stereocenters. The number of carbonyl (C=O) groups excluding carboxylic acids is 1. The van der Waals surface area contributed by atoms with Crippen molar-refractivity contribution in [2.75, 3.05) is 0 Å². The van der Waals surface area contributed by atoms with E-state index >= 15 is 0 Å². The summed E-state index contributed by atoms with van der Waals surface area (Å²) in [6, 6.07) is 20.4. The monoisotopic (exact) mass is 310 g/mol. The Labute approximate surface area is 142 Å². The summed E-state index contributed by atoms with van der Waals surface area (Å²) in [4.78, 5) is 12.6. The zero-order chi connectivity index (χ0) is 16.4. The number of ketones is 1. The summed E-state index contributed by atoms with van der Waals surface area (Å²) in [6.45, 7) is 0. The molecule has 0 spiro atoms. The molecule has 0 N–H and O–H groups in total. The molecule has 0 unspecified atom stereocenters. The third-order valence-corrected chi connectivity index (χ3v) is 4.59. The number of allylic oxidation sites excluding steroid dienone is 3. The van der Waals surface area contributed by atoms with Gasteiger partial charge in [0.05, 0.1) is 0 Å². The van der Waals surface area contributed by atoms with Crippen LogP contribution in [0.1, 0.15) is 27.0 Å². The fraction of sp³-hybridized carbons (Fsp3) is 0.0870. The maximum absolute atomic E-state index is 12.6. The van der Waals surface area contributed by atoms with E-state index in [4.69, 9.17) is 0 Å². The van der Waals surface area contributed by atoms with Gasteiger partial charge in [0.15, 0.2) is 5.78 Å². The van der Waals surface area contributed by atoms with E-state index in [1.54, 1.807) is 6.08 Å². The minimum Gasteiger partial charge on any atom is -0.289 e. The summed E-state index contributed by atoms with van der Waals surface area (Å²) in [5.74, 6) is 0.0586. The average Bonchev–Trinajstić information content (AvgIpc) is 3.05. The zero-order valence-electron chi connectivity index (χ0n) is 13.4. The van der Waals surface area contributed by atoms with Gasteiger partial charge in [-0.1, -0.05) is 78.9 Å². The van der Waals surface area contributed by atoms with Crippen molar-refractivity contribution < 1.29 is 4.79 Å². The quantitative estimate of drug-likeness (QED) is 0.359. The van der Waals surface area contributed by atoms with Crippen molar-refractivity contribution in [3.63, 3.8) is 0 Å². The van der Waals surface area contributed by atoms with Gasteiger partial charge in [-0.2, -0.15) is 0 Å². The fourth-order valence-corrected chi connectivity index (χ4v) is 3.43. The van der Waals surface area contributed by atoms with Crippen LogP contribution in [0.5, 0.6) is 0 Å². The third-order valence-electron chi connectivity index (χ3n) is 4.59. The molecule has 3 aromatic carbocycles. The van der Waals surface area contributed by atoms with E-state index in [2.05, 4.69) is 24.3 Å². The third kappa shape index (κ3) is 2.69.